The molecule has 1 aromatic rings. The van der Waals surface area contributed by atoms with Gasteiger partial charge < -0.3 is 21.4 Å². The minimum atomic E-state index is -1.50. The Hall–Kier alpha value is -2.84. The summed E-state index contributed by atoms with van der Waals surface area (Å²) in [6, 6.07) is 7.76. The van der Waals surface area contributed by atoms with Crippen molar-refractivity contribution < 1.29 is 15.0 Å². The molecule has 0 aliphatic rings. The first-order chi connectivity index (χ1) is 9.36. The zero-order valence-electron chi connectivity index (χ0n) is 11.2. The van der Waals surface area contributed by atoms with Crippen molar-refractivity contribution in [3.05, 3.63) is 39.9 Å². The van der Waals surface area contributed by atoms with Crippen LogP contribution in [0.4, 0.5) is 0 Å². The van der Waals surface area contributed by atoms with Crippen LogP contribution < -0.4 is 16.2 Å². The van der Waals surface area contributed by atoms with Crippen molar-refractivity contribution in [1.29, 1.82) is 0 Å². The van der Waals surface area contributed by atoms with Crippen molar-refractivity contribution in [3.63, 3.8) is 0 Å². The molecule has 0 amide bonds. The van der Waals surface area contributed by atoms with Gasteiger partial charge in [0.15, 0.2) is 0 Å². The number of methoxy groups -OCH3 is 1. The van der Waals surface area contributed by atoms with Crippen molar-refractivity contribution in [3.8, 4) is 5.75 Å². The van der Waals surface area contributed by atoms with Crippen molar-refractivity contribution in [2.45, 2.75) is 13.3 Å². The summed E-state index contributed by atoms with van der Waals surface area (Å²) in [5.41, 5.74) is 12.2. The third-order valence-electron chi connectivity index (χ3n) is 1.97. The summed E-state index contributed by atoms with van der Waals surface area (Å²) in [5, 5.41) is 21.1. The van der Waals surface area contributed by atoms with E-state index in [1.54, 1.807) is 7.11 Å². The van der Waals surface area contributed by atoms with Gasteiger partial charge in [-0.1, -0.05) is 18.2 Å². The molecular formula is C11H17N5O4. The molecule has 0 unspecified atom stereocenters. The van der Waals surface area contributed by atoms with Gasteiger partial charge in [0.05, 0.1) is 7.11 Å². The average Bonchev–Trinajstić information content (AvgIpc) is 2.36. The highest BCUT2D eigenvalue weighted by Crippen LogP contribution is 2.18. The highest BCUT2D eigenvalue weighted by molar-refractivity contribution is 5.85. The second-order valence-corrected chi connectivity index (χ2v) is 3.59. The number of para-hydroxylation sites is 1. The Kier molecular flexibility index (Phi) is 7.84. The van der Waals surface area contributed by atoms with Crippen LogP contribution in [0.2, 0.25) is 0 Å². The summed E-state index contributed by atoms with van der Waals surface area (Å²) in [4.78, 5) is 8.36. The van der Waals surface area contributed by atoms with Gasteiger partial charge in [-0.2, -0.15) is 5.10 Å². The van der Waals surface area contributed by atoms with E-state index in [-0.39, 0.29) is 5.96 Å². The highest BCUT2D eigenvalue weighted by atomic mass is 16.9. The maximum atomic E-state index is 8.36. The maximum absolute atomic E-state index is 8.36. The first-order valence-electron chi connectivity index (χ1n) is 5.44. The minimum Gasteiger partial charge on any atom is -0.496 e. The molecule has 0 saturated carbocycles. The molecule has 9 heteroatoms. The predicted molar refractivity (Wildman–Crippen MR) is 74.4 cm³/mol. The molecule has 20 heavy (non-hydrogen) atoms. The summed E-state index contributed by atoms with van der Waals surface area (Å²) < 4.78 is 5.23. The van der Waals surface area contributed by atoms with Crippen molar-refractivity contribution >= 4 is 11.7 Å². The number of guanidine groups is 1. The van der Waals surface area contributed by atoms with E-state index in [2.05, 4.69) is 10.2 Å². The Morgan fingerprint density at radius 3 is 2.45 bits per heavy atom. The van der Waals surface area contributed by atoms with Crippen LogP contribution in [0.1, 0.15) is 12.5 Å². The molecule has 0 aliphatic heterocycles. The molecule has 0 aliphatic carbocycles. The molecule has 1 rings (SSSR count). The highest BCUT2D eigenvalue weighted by Gasteiger charge is 2.02. The van der Waals surface area contributed by atoms with Crippen LogP contribution in [-0.2, 0) is 6.42 Å². The van der Waals surface area contributed by atoms with E-state index in [4.69, 9.17) is 31.5 Å². The molecule has 0 bridgehead atoms. The first-order valence-corrected chi connectivity index (χ1v) is 5.44. The lowest BCUT2D eigenvalue weighted by atomic mass is 10.1. The SMILES string of the molecule is COc1ccccc1C/C(C)=N\N=C(N)N.O=[N+]([O-])O. The lowest BCUT2D eigenvalue weighted by Crippen LogP contribution is -2.22. The number of nitrogens with two attached hydrogens (primary N) is 2. The average molecular weight is 283 g/mol. The molecule has 9 nitrogen and oxygen atoms in total. The standard InChI is InChI=1S/C11H16N4O.HNO3/c1-8(14-15-11(12)13)7-9-5-3-4-6-10(9)16-2;2-1(3)4/h3-6H,7H2,1-2H3,(H4,12,13,15);(H,2,3,4)/b14-8-;. The van der Waals surface area contributed by atoms with Crippen LogP contribution in [0, 0.1) is 10.1 Å². The molecule has 5 N–H and O–H groups in total. The Bertz CT molecular complexity index is 493. The third kappa shape index (κ3) is 8.28. The summed E-state index contributed by atoms with van der Waals surface area (Å²) >= 11 is 0. The Balaban J connectivity index is 0.000000796. The van der Waals surface area contributed by atoms with Crippen LogP contribution in [-0.4, -0.2) is 29.1 Å². The fourth-order valence-corrected chi connectivity index (χ4v) is 1.30. The van der Waals surface area contributed by atoms with Crippen LogP contribution in [0.15, 0.2) is 34.5 Å². The molecule has 0 radical (unpaired) electrons. The van der Waals surface area contributed by atoms with Crippen LogP contribution in [0.25, 0.3) is 0 Å². The zero-order chi connectivity index (χ0) is 15.5. The molecule has 0 atom stereocenters. The number of ether oxygens (including phenoxy) is 1. The smallest absolute Gasteiger partial charge is 0.291 e. The van der Waals surface area contributed by atoms with Gasteiger partial charge in [0.25, 0.3) is 5.09 Å². The van der Waals surface area contributed by atoms with Crippen molar-refractivity contribution in [1.82, 2.24) is 0 Å². The molecule has 0 saturated heterocycles. The monoisotopic (exact) mass is 283 g/mol. The largest absolute Gasteiger partial charge is 0.496 e. The summed E-state index contributed by atoms with van der Waals surface area (Å²) in [6.07, 6.45) is 0.654. The quantitative estimate of drug-likeness (QED) is 0.317. The van der Waals surface area contributed by atoms with E-state index in [0.717, 1.165) is 17.0 Å². The van der Waals surface area contributed by atoms with Crippen molar-refractivity contribution in [2.24, 2.45) is 21.7 Å². The molecule has 0 aromatic heterocycles. The Morgan fingerprint density at radius 1 is 1.40 bits per heavy atom. The lowest BCUT2D eigenvalue weighted by Gasteiger charge is -2.06. The van der Waals surface area contributed by atoms with Crippen LogP contribution in [0.3, 0.4) is 0 Å². The number of nitrogens with zero attached hydrogens (tertiary/aromatic N) is 3. The summed E-state index contributed by atoms with van der Waals surface area (Å²) in [6.45, 7) is 1.86. The van der Waals surface area contributed by atoms with Gasteiger partial charge in [0.2, 0.25) is 5.96 Å². The van der Waals surface area contributed by atoms with Gasteiger partial charge in [-0.25, -0.2) is 0 Å². The number of hydrogen-bond donors (Lipinski definition) is 3. The Morgan fingerprint density at radius 2 is 1.95 bits per heavy atom. The second-order valence-electron chi connectivity index (χ2n) is 3.59. The second kappa shape index (κ2) is 9.14. The third-order valence-corrected chi connectivity index (χ3v) is 1.97. The summed E-state index contributed by atoms with van der Waals surface area (Å²) in [7, 11) is 1.64. The van der Waals surface area contributed by atoms with Gasteiger partial charge >= 0.3 is 0 Å². The number of benzene rings is 1. The van der Waals surface area contributed by atoms with E-state index in [0.29, 0.717) is 6.42 Å². The van der Waals surface area contributed by atoms with Gasteiger partial charge in [-0.05, 0) is 18.6 Å². The number of hydrogen-bond acceptors (Lipinski definition) is 5. The zero-order valence-corrected chi connectivity index (χ0v) is 11.2. The van der Waals surface area contributed by atoms with E-state index < -0.39 is 5.09 Å². The summed E-state index contributed by atoms with van der Waals surface area (Å²) in [5.74, 6) is 0.793. The molecule has 0 spiro atoms. The topological polar surface area (TPSA) is 149 Å². The van der Waals surface area contributed by atoms with Crippen LogP contribution >= 0.6 is 0 Å². The molecular weight excluding hydrogens is 266 g/mol. The molecule has 1 aromatic carbocycles. The van der Waals surface area contributed by atoms with Crippen molar-refractivity contribution in [2.75, 3.05) is 7.11 Å². The lowest BCUT2D eigenvalue weighted by molar-refractivity contribution is -0.742. The van der Waals surface area contributed by atoms with Gasteiger partial charge in [0.1, 0.15) is 5.75 Å². The van der Waals surface area contributed by atoms with E-state index in [1.807, 2.05) is 31.2 Å². The maximum Gasteiger partial charge on any atom is 0.291 e. The fraction of sp³-hybridized carbons (Fsp3) is 0.273. The Labute approximate surface area is 115 Å². The van der Waals surface area contributed by atoms with E-state index in [9.17, 15) is 0 Å². The normalized spacial score (nSPS) is 10.0. The first kappa shape index (κ1) is 17.2. The molecule has 0 heterocycles. The predicted octanol–water partition coefficient (Wildman–Crippen LogP) is 0.539. The molecule has 110 valence electrons. The van der Waals surface area contributed by atoms with Gasteiger partial charge in [0, 0.05) is 12.1 Å². The number of rotatable bonds is 4. The van der Waals surface area contributed by atoms with E-state index >= 15 is 0 Å². The van der Waals surface area contributed by atoms with Gasteiger partial charge in [-0.3, -0.25) is 0 Å². The van der Waals surface area contributed by atoms with Crippen LogP contribution in [0.5, 0.6) is 5.75 Å². The molecule has 0 fully saturated rings. The van der Waals surface area contributed by atoms with E-state index in [1.165, 1.54) is 0 Å². The van der Waals surface area contributed by atoms with Gasteiger partial charge in [-0.15, -0.1) is 15.2 Å². The fourth-order valence-electron chi connectivity index (χ4n) is 1.30. The minimum absolute atomic E-state index is 0.0422.